The first kappa shape index (κ1) is 14.1. The van der Waals surface area contributed by atoms with Crippen molar-refractivity contribution in [3.63, 3.8) is 0 Å². The SMILES string of the molecule is NC(=O)[C@H]1CCCN(C(=O)Cc2cccc3sccc23)C1. The van der Waals surface area contributed by atoms with Crippen LogP contribution in [-0.4, -0.2) is 29.8 Å². The lowest BCUT2D eigenvalue weighted by Crippen LogP contribution is -2.44. The molecule has 2 heterocycles. The van der Waals surface area contributed by atoms with Crippen LogP contribution in [0.25, 0.3) is 10.1 Å². The highest BCUT2D eigenvalue weighted by Crippen LogP contribution is 2.25. The largest absolute Gasteiger partial charge is 0.369 e. The third-order valence-electron chi connectivity index (χ3n) is 4.10. The summed E-state index contributed by atoms with van der Waals surface area (Å²) in [6.45, 7) is 1.19. The van der Waals surface area contributed by atoms with E-state index in [4.69, 9.17) is 5.73 Å². The van der Waals surface area contributed by atoms with E-state index in [1.807, 2.05) is 17.5 Å². The zero-order chi connectivity index (χ0) is 14.8. The molecule has 21 heavy (non-hydrogen) atoms. The predicted molar refractivity (Wildman–Crippen MR) is 84.0 cm³/mol. The van der Waals surface area contributed by atoms with Gasteiger partial charge < -0.3 is 10.6 Å². The molecule has 0 radical (unpaired) electrons. The molecular formula is C16H18N2O2S. The average Bonchev–Trinajstić information content (AvgIpc) is 2.97. The van der Waals surface area contributed by atoms with Gasteiger partial charge in [0, 0.05) is 17.8 Å². The van der Waals surface area contributed by atoms with Gasteiger partial charge in [-0.25, -0.2) is 0 Å². The van der Waals surface area contributed by atoms with Crippen molar-refractivity contribution in [2.45, 2.75) is 19.3 Å². The van der Waals surface area contributed by atoms with Crippen LogP contribution >= 0.6 is 11.3 Å². The van der Waals surface area contributed by atoms with Crippen LogP contribution in [0.1, 0.15) is 18.4 Å². The zero-order valence-electron chi connectivity index (χ0n) is 11.7. The van der Waals surface area contributed by atoms with Gasteiger partial charge in [-0.05, 0) is 41.3 Å². The molecular weight excluding hydrogens is 284 g/mol. The van der Waals surface area contributed by atoms with Crippen molar-refractivity contribution in [3.8, 4) is 0 Å². The lowest BCUT2D eigenvalue weighted by Gasteiger charge is -2.31. The molecule has 1 aliphatic rings. The summed E-state index contributed by atoms with van der Waals surface area (Å²) in [6.07, 6.45) is 2.03. The number of carbonyl (C=O) groups is 2. The molecule has 1 atom stereocenters. The molecule has 0 saturated carbocycles. The first-order valence-corrected chi connectivity index (χ1v) is 8.05. The maximum absolute atomic E-state index is 12.5. The fraction of sp³-hybridized carbons (Fsp3) is 0.375. The van der Waals surface area contributed by atoms with Crippen LogP contribution in [0.2, 0.25) is 0 Å². The van der Waals surface area contributed by atoms with Crippen LogP contribution < -0.4 is 5.73 Å². The minimum atomic E-state index is -0.299. The second-order valence-electron chi connectivity index (χ2n) is 5.51. The second-order valence-corrected chi connectivity index (χ2v) is 6.46. The number of rotatable bonds is 3. The van der Waals surface area contributed by atoms with Gasteiger partial charge in [-0.15, -0.1) is 11.3 Å². The summed E-state index contributed by atoms with van der Waals surface area (Å²) >= 11 is 1.68. The van der Waals surface area contributed by atoms with Crippen molar-refractivity contribution in [2.24, 2.45) is 11.7 Å². The highest BCUT2D eigenvalue weighted by atomic mass is 32.1. The van der Waals surface area contributed by atoms with Gasteiger partial charge in [0.15, 0.2) is 0 Å². The van der Waals surface area contributed by atoms with Crippen LogP contribution in [0.5, 0.6) is 0 Å². The molecule has 1 aromatic carbocycles. The molecule has 1 aromatic heterocycles. The van der Waals surface area contributed by atoms with E-state index in [-0.39, 0.29) is 17.7 Å². The molecule has 0 unspecified atom stereocenters. The summed E-state index contributed by atoms with van der Waals surface area (Å²) in [5.74, 6) is -0.410. The van der Waals surface area contributed by atoms with Gasteiger partial charge in [0.25, 0.3) is 0 Å². The molecule has 1 saturated heterocycles. The van der Waals surface area contributed by atoms with Gasteiger partial charge in [-0.2, -0.15) is 0 Å². The summed E-state index contributed by atoms with van der Waals surface area (Å²) in [5.41, 5.74) is 6.42. The number of benzene rings is 1. The van der Waals surface area contributed by atoms with Gasteiger partial charge in [-0.1, -0.05) is 12.1 Å². The molecule has 1 aliphatic heterocycles. The maximum Gasteiger partial charge on any atom is 0.227 e. The Labute approximate surface area is 127 Å². The van der Waals surface area contributed by atoms with Crippen molar-refractivity contribution in [3.05, 3.63) is 35.2 Å². The van der Waals surface area contributed by atoms with Crippen molar-refractivity contribution < 1.29 is 9.59 Å². The number of carbonyl (C=O) groups excluding carboxylic acids is 2. The first-order chi connectivity index (χ1) is 10.1. The summed E-state index contributed by atoms with van der Waals surface area (Å²) in [6, 6.07) is 8.12. The van der Waals surface area contributed by atoms with E-state index in [9.17, 15) is 9.59 Å². The minimum absolute atomic E-state index is 0.0830. The average molecular weight is 302 g/mol. The number of nitrogens with zero attached hydrogens (tertiary/aromatic N) is 1. The molecule has 4 nitrogen and oxygen atoms in total. The topological polar surface area (TPSA) is 63.4 Å². The van der Waals surface area contributed by atoms with Gasteiger partial charge in [0.1, 0.15) is 0 Å². The molecule has 0 bridgehead atoms. The van der Waals surface area contributed by atoms with Crippen molar-refractivity contribution in [1.82, 2.24) is 4.90 Å². The molecule has 0 spiro atoms. The van der Waals surface area contributed by atoms with Crippen LogP contribution in [0.4, 0.5) is 0 Å². The third-order valence-corrected chi connectivity index (χ3v) is 4.99. The number of hydrogen-bond donors (Lipinski definition) is 1. The third kappa shape index (κ3) is 2.93. The maximum atomic E-state index is 12.5. The van der Waals surface area contributed by atoms with E-state index in [0.717, 1.165) is 30.3 Å². The second kappa shape index (κ2) is 5.85. The molecule has 0 aliphatic carbocycles. The molecule has 5 heteroatoms. The normalized spacial score (nSPS) is 18.9. The first-order valence-electron chi connectivity index (χ1n) is 7.17. The quantitative estimate of drug-likeness (QED) is 0.944. The summed E-state index contributed by atoms with van der Waals surface area (Å²) in [5, 5.41) is 3.20. The highest BCUT2D eigenvalue weighted by molar-refractivity contribution is 7.17. The van der Waals surface area contributed by atoms with Gasteiger partial charge in [0.2, 0.25) is 11.8 Å². The molecule has 2 N–H and O–H groups in total. The Hall–Kier alpha value is -1.88. The number of piperidine rings is 1. The van der Waals surface area contributed by atoms with E-state index >= 15 is 0 Å². The van der Waals surface area contributed by atoms with Crippen molar-refractivity contribution >= 4 is 33.2 Å². The lowest BCUT2D eigenvalue weighted by atomic mass is 9.96. The van der Waals surface area contributed by atoms with E-state index < -0.39 is 0 Å². The minimum Gasteiger partial charge on any atom is -0.369 e. The van der Waals surface area contributed by atoms with Gasteiger partial charge in [0.05, 0.1) is 12.3 Å². The van der Waals surface area contributed by atoms with Crippen LogP contribution in [0.3, 0.4) is 0 Å². The lowest BCUT2D eigenvalue weighted by molar-refractivity contribution is -0.134. The molecule has 110 valence electrons. The fourth-order valence-corrected chi connectivity index (χ4v) is 3.76. The number of amides is 2. The van der Waals surface area contributed by atoms with Crippen LogP contribution in [0, 0.1) is 5.92 Å². The number of hydrogen-bond acceptors (Lipinski definition) is 3. The zero-order valence-corrected chi connectivity index (χ0v) is 12.6. The van der Waals surface area contributed by atoms with Crippen LogP contribution in [0.15, 0.2) is 29.6 Å². The van der Waals surface area contributed by atoms with Gasteiger partial charge >= 0.3 is 0 Å². The number of thiophene rings is 1. The molecule has 3 rings (SSSR count). The summed E-state index contributed by atoms with van der Waals surface area (Å²) < 4.78 is 1.20. The Kier molecular flexibility index (Phi) is 3.92. The number of primary amides is 1. The Morgan fingerprint density at radius 2 is 2.19 bits per heavy atom. The van der Waals surface area contributed by atoms with E-state index in [1.165, 1.54) is 4.70 Å². The van der Waals surface area contributed by atoms with Crippen molar-refractivity contribution in [2.75, 3.05) is 13.1 Å². The Morgan fingerprint density at radius 1 is 1.33 bits per heavy atom. The Morgan fingerprint density at radius 3 is 3.00 bits per heavy atom. The van der Waals surface area contributed by atoms with E-state index in [0.29, 0.717) is 13.0 Å². The molecule has 1 fully saturated rings. The summed E-state index contributed by atoms with van der Waals surface area (Å²) in [4.78, 5) is 25.6. The Bertz CT molecular complexity index is 680. The number of likely N-dealkylation sites (tertiary alicyclic amines) is 1. The van der Waals surface area contributed by atoms with Gasteiger partial charge in [-0.3, -0.25) is 9.59 Å². The standard InChI is InChI=1S/C16H18N2O2S/c17-16(20)12-4-2-7-18(10-12)15(19)9-11-3-1-5-14-13(11)6-8-21-14/h1,3,5-6,8,12H,2,4,7,9-10H2,(H2,17,20)/t12-/m0/s1. The van der Waals surface area contributed by atoms with E-state index in [1.54, 1.807) is 16.2 Å². The smallest absolute Gasteiger partial charge is 0.227 e. The monoisotopic (exact) mass is 302 g/mol. The Balaban J connectivity index is 1.74. The fourth-order valence-electron chi connectivity index (χ4n) is 2.92. The molecule has 2 aromatic rings. The van der Waals surface area contributed by atoms with Crippen LogP contribution in [-0.2, 0) is 16.0 Å². The van der Waals surface area contributed by atoms with E-state index in [2.05, 4.69) is 12.1 Å². The number of nitrogens with two attached hydrogens (primary N) is 1. The highest BCUT2D eigenvalue weighted by Gasteiger charge is 2.27. The molecule has 2 amide bonds. The predicted octanol–water partition coefficient (Wildman–Crippen LogP) is 2.17. The summed E-state index contributed by atoms with van der Waals surface area (Å²) in [7, 11) is 0. The number of fused-ring (bicyclic) bond motifs is 1. The van der Waals surface area contributed by atoms with Crippen molar-refractivity contribution in [1.29, 1.82) is 0 Å².